The van der Waals surface area contributed by atoms with Crippen molar-refractivity contribution in [2.45, 2.75) is 5.41 Å². The molecule has 2 heteroatoms. The lowest BCUT2D eigenvalue weighted by molar-refractivity contribution is 0.794. The molecule has 0 saturated carbocycles. The van der Waals surface area contributed by atoms with Gasteiger partial charge in [-0.15, -0.1) is 0 Å². The van der Waals surface area contributed by atoms with Crippen LogP contribution < -0.4 is 4.90 Å². The second-order valence-electron chi connectivity index (χ2n) is 17.9. The largest absolute Gasteiger partial charge is 0.310 e. The lowest BCUT2D eigenvalue weighted by Gasteiger charge is -2.31. The van der Waals surface area contributed by atoms with Gasteiger partial charge in [-0.25, -0.2) is 0 Å². The molecule has 0 N–H and O–H groups in total. The third-order valence-electron chi connectivity index (χ3n) is 14.6. The van der Waals surface area contributed by atoms with Crippen molar-refractivity contribution < 1.29 is 0 Å². The van der Waals surface area contributed by atoms with Gasteiger partial charge in [-0.05, 0) is 115 Å². The number of hydrogen-bond acceptors (Lipinski definition) is 1. The van der Waals surface area contributed by atoms with Crippen molar-refractivity contribution in [2.75, 3.05) is 4.90 Å². The Balaban J connectivity index is 1.05. The van der Waals surface area contributed by atoms with Crippen LogP contribution in [0.3, 0.4) is 0 Å². The highest BCUT2D eigenvalue weighted by Crippen LogP contribution is 2.64. The summed E-state index contributed by atoms with van der Waals surface area (Å²) in [5.74, 6) is 0. The fourth-order valence-corrected chi connectivity index (χ4v) is 11.9. The van der Waals surface area contributed by atoms with Gasteiger partial charge in [0, 0.05) is 38.8 Å². The zero-order valence-electron chi connectivity index (χ0n) is 36.6. The van der Waals surface area contributed by atoms with Crippen LogP contribution in [0.25, 0.3) is 82.8 Å². The molecule has 0 atom stereocenters. The van der Waals surface area contributed by atoms with Gasteiger partial charge in [0.15, 0.2) is 0 Å². The zero-order valence-corrected chi connectivity index (χ0v) is 36.6. The molecular weight excluding hydrogens is 809 g/mol. The number of para-hydroxylation sites is 2. The van der Waals surface area contributed by atoms with Gasteiger partial charge < -0.3 is 9.47 Å². The van der Waals surface area contributed by atoms with E-state index in [-0.39, 0.29) is 0 Å². The molecule has 2 nitrogen and oxygen atoms in total. The van der Waals surface area contributed by atoms with E-state index in [9.17, 15) is 0 Å². The minimum atomic E-state index is -0.447. The molecule has 12 aromatic rings. The molecule has 312 valence electrons. The summed E-state index contributed by atoms with van der Waals surface area (Å²) in [6, 6.07) is 94.3. The number of hydrogen-bond donors (Lipinski definition) is 0. The molecular formula is C65H42N2. The molecule has 0 unspecified atom stereocenters. The number of aromatic nitrogens is 1. The Morgan fingerprint density at radius 3 is 1.61 bits per heavy atom. The van der Waals surface area contributed by atoms with Gasteiger partial charge in [-0.1, -0.05) is 206 Å². The molecule has 1 spiro atoms. The van der Waals surface area contributed by atoms with Crippen molar-refractivity contribution in [1.29, 1.82) is 0 Å². The first-order valence-corrected chi connectivity index (χ1v) is 23.3. The fourth-order valence-electron chi connectivity index (χ4n) is 11.9. The highest BCUT2D eigenvalue weighted by atomic mass is 15.1. The zero-order chi connectivity index (χ0) is 44.1. The van der Waals surface area contributed by atoms with Crippen LogP contribution in [0.4, 0.5) is 17.1 Å². The Hall–Kier alpha value is -8.72. The Morgan fingerprint density at radius 1 is 0.343 bits per heavy atom. The van der Waals surface area contributed by atoms with Gasteiger partial charge in [0.05, 0.1) is 22.1 Å². The van der Waals surface area contributed by atoms with Gasteiger partial charge in [0.25, 0.3) is 0 Å². The maximum absolute atomic E-state index is 2.51. The topological polar surface area (TPSA) is 8.17 Å². The highest BCUT2D eigenvalue weighted by Gasteiger charge is 2.52. The molecule has 0 radical (unpaired) electrons. The van der Waals surface area contributed by atoms with Crippen LogP contribution >= 0.6 is 0 Å². The molecule has 0 amide bonds. The van der Waals surface area contributed by atoms with Crippen LogP contribution in [0.5, 0.6) is 0 Å². The van der Waals surface area contributed by atoms with E-state index in [1.807, 2.05) is 0 Å². The monoisotopic (exact) mass is 850 g/mol. The van der Waals surface area contributed by atoms with Gasteiger partial charge >= 0.3 is 0 Å². The first kappa shape index (κ1) is 37.6. The Kier molecular flexibility index (Phi) is 8.23. The maximum Gasteiger partial charge on any atom is 0.0726 e. The molecule has 0 aliphatic heterocycles. The van der Waals surface area contributed by atoms with Crippen LogP contribution in [0.15, 0.2) is 255 Å². The van der Waals surface area contributed by atoms with Crippen molar-refractivity contribution in [3.8, 4) is 50.2 Å². The molecule has 11 aromatic carbocycles. The summed E-state index contributed by atoms with van der Waals surface area (Å²) in [4.78, 5) is 2.50. The predicted octanol–water partition coefficient (Wildman–Crippen LogP) is 17.1. The van der Waals surface area contributed by atoms with Crippen molar-refractivity contribution >= 4 is 49.6 Å². The lowest BCUT2D eigenvalue weighted by atomic mass is 9.70. The van der Waals surface area contributed by atoms with E-state index in [1.54, 1.807) is 0 Å². The minimum Gasteiger partial charge on any atom is -0.310 e. The molecule has 67 heavy (non-hydrogen) atoms. The second-order valence-corrected chi connectivity index (χ2v) is 17.9. The quantitative estimate of drug-likeness (QED) is 0.162. The Morgan fingerprint density at radius 2 is 0.896 bits per heavy atom. The van der Waals surface area contributed by atoms with E-state index in [1.165, 1.54) is 93.8 Å². The van der Waals surface area contributed by atoms with E-state index >= 15 is 0 Å². The van der Waals surface area contributed by atoms with Crippen LogP contribution in [0.1, 0.15) is 22.3 Å². The average molecular weight is 851 g/mol. The summed E-state index contributed by atoms with van der Waals surface area (Å²) >= 11 is 0. The molecule has 2 aliphatic rings. The van der Waals surface area contributed by atoms with Gasteiger partial charge in [-0.3, -0.25) is 0 Å². The molecule has 0 saturated heterocycles. The smallest absolute Gasteiger partial charge is 0.0726 e. The predicted molar refractivity (Wildman–Crippen MR) is 280 cm³/mol. The number of rotatable bonds is 6. The summed E-state index contributed by atoms with van der Waals surface area (Å²) in [6.45, 7) is 0. The standard InChI is InChI=1S/C65H42N2/c1-4-19-43(20-5-1)44-35-37-45(38-36-44)55-41-46-21-10-11-26-50(46)64-62(55)54-40-39-49(42-61(54)67(64)48-24-8-3-9-25-48)66(47-22-6-2-7-23-47)60-34-18-33-59-63(60)53-29-14-17-32-58(53)65(59)56-30-15-12-27-51(56)52-28-13-16-31-57(52)65/h1-42H. The van der Waals surface area contributed by atoms with E-state index in [2.05, 4.69) is 264 Å². The summed E-state index contributed by atoms with van der Waals surface area (Å²) in [5.41, 5.74) is 21.7. The molecule has 0 fully saturated rings. The Bertz CT molecular complexity index is 3860. The molecule has 0 bridgehead atoms. The van der Waals surface area contributed by atoms with Crippen molar-refractivity contribution in [3.63, 3.8) is 0 Å². The molecule has 2 aliphatic carbocycles. The number of fused-ring (bicyclic) bond motifs is 15. The van der Waals surface area contributed by atoms with Gasteiger partial charge in [0.2, 0.25) is 0 Å². The van der Waals surface area contributed by atoms with Crippen molar-refractivity contribution in [1.82, 2.24) is 4.57 Å². The fraction of sp³-hybridized carbons (Fsp3) is 0.0154. The van der Waals surface area contributed by atoms with Crippen molar-refractivity contribution in [2.24, 2.45) is 0 Å². The summed E-state index contributed by atoms with van der Waals surface area (Å²) < 4.78 is 2.51. The third-order valence-corrected chi connectivity index (χ3v) is 14.6. The average Bonchev–Trinajstić information content (AvgIpc) is 4.02. The minimum absolute atomic E-state index is 0.447. The molecule has 1 aromatic heterocycles. The molecule has 1 heterocycles. The first-order chi connectivity index (χ1) is 33.3. The van der Waals surface area contributed by atoms with Gasteiger partial charge in [0.1, 0.15) is 0 Å². The van der Waals surface area contributed by atoms with Gasteiger partial charge in [-0.2, -0.15) is 0 Å². The van der Waals surface area contributed by atoms with E-state index < -0.39 is 5.41 Å². The van der Waals surface area contributed by atoms with Crippen LogP contribution in [-0.4, -0.2) is 4.57 Å². The van der Waals surface area contributed by atoms with E-state index in [0.717, 1.165) is 28.3 Å². The third kappa shape index (κ3) is 5.39. The lowest BCUT2D eigenvalue weighted by Crippen LogP contribution is -2.26. The SMILES string of the molecule is c1ccc(-c2ccc(-c3cc4ccccc4c4c3c3ccc(N(c5ccccc5)c5cccc6c5-c5ccccc5C65c6ccccc6-c6ccccc65)cc3n4-c3ccccc3)cc2)cc1. The Labute approximate surface area is 389 Å². The van der Waals surface area contributed by atoms with Crippen LogP contribution in [0.2, 0.25) is 0 Å². The summed E-state index contributed by atoms with van der Waals surface area (Å²) in [5, 5.41) is 4.90. The molecule has 14 rings (SSSR count). The first-order valence-electron chi connectivity index (χ1n) is 23.3. The second kappa shape index (κ2) is 14.7. The number of benzene rings is 11. The van der Waals surface area contributed by atoms with Crippen molar-refractivity contribution in [3.05, 3.63) is 277 Å². The number of nitrogens with zero attached hydrogens (tertiary/aromatic N) is 2. The normalized spacial score (nSPS) is 12.9. The van der Waals surface area contributed by atoms with E-state index in [0.29, 0.717) is 0 Å². The summed E-state index contributed by atoms with van der Waals surface area (Å²) in [6.07, 6.45) is 0. The van der Waals surface area contributed by atoms with Crippen LogP contribution in [0, 0.1) is 0 Å². The van der Waals surface area contributed by atoms with Crippen LogP contribution in [-0.2, 0) is 5.41 Å². The highest BCUT2D eigenvalue weighted by molar-refractivity contribution is 6.24. The number of anilines is 3. The maximum atomic E-state index is 2.51. The van der Waals surface area contributed by atoms with E-state index in [4.69, 9.17) is 0 Å². The summed E-state index contributed by atoms with van der Waals surface area (Å²) in [7, 11) is 0.